The highest BCUT2D eigenvalue weighted by Gasteiger charge is 2.23. The van der Waals surface area contributed by atoms with E-state index in [1.54, 1.807) is 0 Å². The lowest BCUT2D eigenvalue weighted by Gasteiger charge is -2.30. The van der Waals surface area contributed by atoms with Gasteiger partial charge in [0.05, 0.1) is 0 Å². The Hall–Kier alpha value is -0.545. The third-order valence-electron chi connectivity index (χ3n) is 2.19. The fourth-order valence-corrected chi connectivity index (χ4v) is 3.83. The molecule has 1 unspecified atom stereocenters. The molecule has 0 aromatic heterocycles. The normalized spacial score (nSPS) is 12.7. The molecular formula is C13H19BP. The molecule has 0 saturated carbocycles. The van der Waals surface area contributed by atoms with Gasteiger partial charge in [0.15, 0.2) is 0 Å². The smallest absolute Gasteiger partial charge is 0 e. The molecule has 0 N–H and O–H groups in total. The van der Waals surface area contributed by atoms with Gasteiger partial charge < -0.3 is 0 Å². The lowest BCUT2D eigenvalue weighted by molar-refractivity contribution is 0.788. The molecule has 0 aliphatic rings. The van der Waals surface area contributed by atoms with Crippen LogP contribution in [0.3, 0.4) is 0 Å². The minimum atomic E-state index is -0.115. The molecule has 0 spiro atoms. The van der Waals surface area contributed by atoms with E-state index in [1.165, 1.54) is 5.30 Å². The van der Waals surface area contributed by atoms with Gasteiger partial charge in [0, 0.05) is 8.41 Å². The standard InChI is InChI=1S/C13H19P.B/c1-5-11-14(13(2,3)4)12-9-7-6-8-10-12;/h5-10H,1,11H2,2-4H3;. The Morgan fingerprint density at radius 3 is 2.13 bits per heavy atom. The molecule has 1 rings (SSSR count). The summed E-state index contributed by atoms with van der Waals surface area (Å²) in [7, 11) is -0.115. The molecule has 0 amide bonds. The van der Waals surface area contributed by atoms with Crippen LogP contribution in [0, 0.1) is 0 Å². The number of hydrogen-bond acceptors (Lipinski definition) is 0. The summed E-state index contributed by atoms with van der Waals surface area (Å²) in [6, 6.07) is 10.8. The lowest BCUT2D eigenvalue weighted by Crippen LogP contribution is -2.20. The first-order valence-corrected chi connectivity index (χ1v) is 6.52. The lowest BCUT2D eigenvalue weighted by atomic mass is 10.3. The Morgan fingerprint density at radius 1 is 1.20 bits per heavy atom. The van der Waals surface area contributed by atoms with E-state index in [0.29, 0.717) is 5.16 Å². The third kappa shape index (κ3) is 4.22. The summed E-state index contributed by atoms with van der Waals surface area (Å²) in [4.78, 5) is 0. The monoisotopic (exact) mass is 217 g/mol. The van der Waals surface area contributed by atoms with Gasteiger partial charge in [0.1, 0.15) is 0 Å². The average Bonchev–Trinajstić information content (AvgIpc) is 2.14. The van der Waals surface area contributed by atoms with Gasteiger partial charge in [0.2, 0.25) is 0 Å². The summed E-state index contributed by atoms with van der Waals surface area (Å²) in [5.41, 5.74) is 0. The second kappa shape index (κ2) is 6.13. The maximum Gasteiger partial charge on any atom is 0 e. The van der Waals surface area contributed by atoms with Gasteiger partial charge >= 0.3 is 0 Å². The minimum absolute atomic E-state index is 0. The van der Waals surface area contributed by atoms with Crippen molar-refractivity contribution in [2.24, 2.45) is 0 Å². The first-order valence-electron chi connectivity index (χ1n) is 4.99. The van der Waals surface area contributed by atoms with E-state index in [9.17, 15) is 0 Å². The highest BCUT2D eigenvalue weighted by Crippen LogP contribution is 2.47. The highest BCUT2D eigenvalue weighted by atomic mass is 31.1. The van der Waals surface area contributed by atoms with E-state index in [2.05, 4.69) is 57.7 Å². The van der Waals surface area contributed by atoms with Crippen molar-refractivity contribution in [2.45, 2.75) is 25.9 Å². The summed E-state index contributed by atoms with van der Waals surface area (Å²) >= 11 is 0. The van der Waals surface area contributed by atoms with Gasteiger partial charge in [-0.15, -0.1) is 6.58 Å². The van der Waals surface area contributed by atoms with E-state index in [-0.39, 0.29) is 16.3 Å². The zero-order chi connectivity index (χ0) is 10.6. The highest BCUT2D eigenvalue weighted by molar-refractivity contribution is 7.67. The van der Waals surface area contributed by atoms with Gasteiger partial charge in [-0.25, -0.2) is 0 Å². The molecule has 0 aliphatic carbocycles. The molecule has 79 valence electrons. The Balaban J connectivity index is 0.00000196. The molecule has 0 nitrogen and oxygen atoms in total. The second-order valence-corrected chi connectivity index (χ2v) is 7.48. The van der Waals surface area contributed by atoms with E-state index in [4.69, 9.17) is 0 Å². The maximum absolute atomic E-state index is 3.86. The fourth-order valence-electron chi connectivity index (χ4n) is 1.50. The molecule has 2 heteroatoms. The number of hydrogen-bond donors (Lipinski definition) is 0. The summed E-state index contributed by atoms with van der Waals surface area (Å²) in [6.07, 6.45) is 3.16. The number of benzene rings is 1. The van der Waals surface area contributed by atoms with Crippen molar-refractivity contribution in [1.29, 1.82) is 0 Å². The van der Waals surface area contributed by atoms with Crippen LogP contribution in [0.2, 0.25) is 0 Å². The van der Waals surface area contributed by atoms with Crippen molar-refractivity contribution in [3.63, 3.8) is 0 Å². The Bertz CT molecular complexity index is 287. The number of rotatable bonds is 3. The second-order valence-electron chi connectivity index (χ2n) is 4.41. The Kier molecular flexibility index (Phi) is 5.91. The van der Waals surface area contributed by atoms with Crippen molar-refractivity contribution < 1.29 is 0 Å². The van der Waals surface area contributed by atoms with Gasteiger partial charge in [-0.05, 0) is 16.6 Å². The summed E-state index contributed by atoms with van der Waals surface area (Å²) < 4.78 is 0. The van der Waals surface area contributed by atoms with E-state index in [1.807, 2.05) is 6.08 Å². The van der Waals surface area contributed by atoms with Crippen LogP contribution in [0.1, 0.15) is 20.8 Å². The molecule has 1 aromatic carbocycles. The summed E-state index contributed by atoms with van der Waals surface area (Å²) in [6.45, 7) is 10.8. The molecule has 0 aliphatic heterocycles. The van der Waals surface area contributed by atoms with Crippen LogP contribution < -0.4 is 5.30 Å². The van der Waals surface area contributed by atoms with Gasteiger partial charge in [-0.1, -0.05) is 65.1 Å². The van der Waals surface area contributed by atoms with Crippen molar-refractivity contribution in [2.75, 3.05) is 6.16 Å². The Labute approximate surface area is 97.1 Å². The zero-order valence-corrected chi connectivity index (χ0v) is 10.8. The van der Waals surface area contributed by atoms with Crippen LogP contribution in [0.5, 0.6) is 0 Å². The van der Waals surface area contributed by atoms with Crippen LogP contribution in [-0.2, 0) is 0 Å². The molecule has 3 radical (unpaired) electrons. The zero-order valence-electron chi connectivity index (χ0n) is 9.90. The average molecular weight is 217 g/mol. The number of allylic oxidation sites excluding steroid dienone is 1. The quantitative estimate of drug-likeness (QED) is 0.413. The third-order valence-corrected chi connectivity index (χ3v) is 5.35. The molecule has 0 fully saturated rings. The predicted molar refractivity (Wildman–Crippen MR) is 73.6 cm³/mol. The largest absolute Gasteiger partial charge is 0.103 e. The van der Waals surface area contributed by atoms with Crippen molar-refractivity contribution in [3.8, 4) is 0 Å². The van der Waals surface area contributed by atoms with Crippen molar-refractivity contribution in [1.82, 2.24) is 0 Å². The molecule has 1 aromatic rings. The van der Waals surface area contributed by atoms with Crippen LogP contribution in [-0.4, -0.2) is 19.7 Å². The Morgan fingerprint density at radius 2 is 1.73 bits per heavy atom. The first kappa shape index (κ1) is 14.5. The topological polar surface area (TPSA) is 0 Å². The molecule has 0 heterocycles. The first-order chi connectivity index (χ1) is 6.55. The minimum Gasteiger partial charge on any atom is -0.103 e. The maximum atomic E-state index is 3.86. The molecule has 0 bridgehead atoms. The van der Waals surface area contributed by atoms with Gasteiger partial charge in [-0.2, -0.15) is 0 Å². The summed E-state index contributed by atoms with van der Waals surface area (Å²) in [5, 5.41) is 1.85. The molecule has 0 saturated heterocycles. The fraction of sp³-hybridized carbons (Fsp3) is 0.385. The van der Waals surface area contributed by atoms with E-state index < -0.39 is 0 Å². The van der Waals surface area contributed by atoms with Crippen LogP contribution in [0.25, 0.3) is 0 Å². The van der Waals surface area contributed by atoms with Crippen molar-refractivity contribution in [3.05, 3.63) is 43.0 Å². The molecular weight excluding hydrogens is 198 g/mol. The van der Waals surface area contributed by atoms with Crippen LogP contribution >= 0.6 is 7.92 Å². The summed E-state index contributed by atoms with van der Waals surface area (Å²) in [5.74, 6) is 0. The van der Waals surface area contributed by atoms with Crippen LogP contribution in [0.15, 0.2) is 43.0 Å². The van der Waals surface area contributed by atoms with E-state index in [0.717, 1.165) is 6.16 Å². The van der Waals surface area contributed by atoms with Crippen molar-refractivity contribution >= 4 is 21.6 Å². The van der Waals surface area contributed by atoms with Crippen LogP contribution in [0.4, 0.5) is 0 Å². The molecule has 15 heavy (non-hydrogen) atoms. The molecule has 1 atom stereocenters. The van der Waals surface area contributed by atoms with E-state index >= 15 is 0 Å². The van der Waals surface area contributed by atoms with Gasteiger partial charge in [0.25, 0.3) is 0 Å². The predicted octanol–water partition coefficient (Wildman–Crippen LogP) is 3.40. The SMILES string of the molecule is C=CCP(c1ccccc1)C(C)(C)C.[B]. The van der Waals surface area contributed by atoms with Gasteiger partial charge in [-0.3, -0.25) is 0 Å².